The van der Waals surface area contributed by atoms with E-state index in [4.69, 9.17) is 16.3 Å². The summed E-state index contributed by atoms with van der Waals surface area (Å²) in [7, 11) is -4.13. The van der Waals surface area contributed by atoms with Crippen LogP contribution in [0.3, 0.4) is 0 Å². The van der Waals surface area contributed by atoms with Crippen molar-refractivity contribution in [1.29, 1.82) is 0 Å². The Morgan fingerprint density at radius 1 is 0.895 bits per heavy atom. The van der Waals surface area contributed by atoms with Crippen LogP contribution < -0.4 is 0 Å². The summed E-state index contributed by atoms with van der Waals surface area (Å²) in [6.07, 6.45) is -5.27. The molecular weight excluding hydrogens is 551 g/mol. The molecule has 204 valence electrons. The number of benzene rings is 3. The van der Waals surface area contributed by atoms with Crippen molar-refractivity contribution in [3.63, 3.8) is 0 Å². The SMILES string of the molecule is O=S(=O)(c1cccc(C(F)(F)F)c1)N1CCN(C[C@@H](OCc2c(F)cccc2F)c2ccc(Cl)cc2)CC1. The molecule has 0 aliphatic carbocycles. The van der Waals surface area contributed by atoms with Gasteiger partial charge in [0.15, 0.2) is 0 Å². The van der Waals surface area contributed by atoms with Crippen molar-refractivity contribution in [2.24, 2.45) is 0 Å². The highest BCUT2D eigenvalue weighted by atomic mass is 35.5. The van der Waals surface area contributed by atoms with Crippen molar-refractivity contribution in [3.8, 4) is 0 Å². The van der Waals surface area contributed by atoms with Crippen LogP contribution >= 0.6 is 11.6 Å². The largest absolute Gasteiger partial charge is 0.416 e. The van der Waals surface area contributed by atoms with E-state index in [9.17, 15) is 30.4 Å². The zero-order valence-corrected chi connectivity index (χ0v) is 21.5. The van der Waals surface area contributed by atoms with Gasteiger partial charge < -0.3 is 4.74 Å². The molecule has 5 nitrogen and oxygen atoms in total. The van der Waals surface area contributed by atoms with Gasteiger partial charge in [0.2, 0.25) is 10.0 Å². The van der Waals surface area contributed by atoms with Crippen LogP contribution in [0.25, 0.3) is 0 Å². The molecule has 0 saturated carbocycles. The Labute approximate surface area is 222 Å². The summed E-state index contributed by atoms with van der Waals surface area (Å²) in [5.41, 5.74) is -0.528. The molecule has 3 aromatic rings. The number of hydrogen-bond acceptors (Lipinski definition) is 4. The number of halogens is 6. The van der Waals surface area contributed by atoms with E-state index in [1.54, 1.807) is 24.3 Å². The fourth-order valence-electron chi connectivity index (χ4n) is 4.15. The molecule has 0 aromatic heterocycles. The molecule has 1 aliphatic heterocycles. The Kier molecular flexibility index (Phi) is 8.73. The minimum Gasteiger partial charge on any atom is -0.367 e. The quantitative estimate of drug-likeness (QED) is 0.314. The molecule has 0 amide bonds. The molecule has 0 bridgehead atoms. The number of rotatable bonds is 8. The van der Waals surface area contributed by atoms with Crippen molar-refractivity contribution in [3.05, 3.63) is 100 Å². The van der Waals surface area contributed by atoms with Crippen molar-refractivity contribution in [1.82, 2.24) is 9.21 Å². The highest BCUT2D eigenvalue weighted by molar-refractivity contribution is 7.89. The van der Waals surface area contributed by atoms with Gasteiger partial charge in [-0.1, -0.05) is 35.9 Å². The monoisotopic (exact) mass is 574 g/mol. The van der Waals surface area contributed by atoms with Gasteiger partial charge in [0.1, 0.15) is 11.6 Å². The third kappa shape index (κ3) is 6.70. The maximum Gasteiger partial charge on any atom is 0.416 e. The summed E-state index contributed by atoms with van der Waals surface area (Å²) in [5, 5.41) is 0.501. The van der Waals surface area contributed by atoms with Crippen molar-refractivity contribution in [2.75, 3.05) is 32.7 Å². The fourth-order valence-corrected chi connectivity index (χ4v) is 5.75. The van der Waals surface area contributed by atoms with E-state index in [0.29, 0.717) is 16.7 Å². The van der Waals surface area contributed by atoms with E-state index in [1.165, 1.54) is 6.07 Å². The van der Waals surface area contributed by atoms with E-state index in [0.717, 1.165) is 34.6 Å². The Bertz CT molecular complexity index is 1340. The van der Waals surface area contributed by atoms with E-state index < -0.39 is 44.4 Å². The summed E-state index contributed by atoms with van der Waals surface area (Å²) in [5.74, 6) is -1.46. The molecule has 1 heterocycles. The first-order valence-electron chi connectivity index (χ1n) is 11.6. The Balaban J connectivity index is 1.45. The van der Waals surface area contributed by atoms with Crippen LogP contribution in [-0.2, 0) is 27.5 Å². The van der Waals surface area contributed by atoms with E-state index >= 15 is 0 Å². The molecule has 0 radical (unpaired) electrons. The van der Waals surface area contributed by atoms with Crippen LogP contribution in [0.1, 0.15) is 22.8 Å². The van der Waals surface area contributed by atoms with Gasteiger partial charge in [-0.25, -0.2) is 17.2 Å². The second kappa shape index (κ2) is 11.7. The lowest BCUT2D eigenvalue weighted by Crippen LogP contribution is -2.49. The number of piperazine rings is 1. The first-order chi connectivity index (χ1) is 17.9. The van der Waals surface area contributed by atoms with Crippen molar-refractivity contribution < 1.29 is 35.1 Å². The molecule has 3 aromatic carbocycles. The number of alkyl halides is 3. The van der Waals surface area contributed by atoms with Gasteiger partial charge in [0, 0.05) is 43.3 Å². The molecule has 0 spiro atoms. The predicted octanol–water partition coefficient (Wildman–Crippen LogP) is 5.90. The third-order valence-corrected chi connectivity index (χ3v) is 8.43. The number of sulfonamides is 1. The third-order valence-electron chi connectivity index (χ3n) is 6.29. The first kappa shape index (κ1) is 28.4. The minimum absolute atomic E-state index is 0.0495. The maximum atomic E-state index is 14.1. The average Bonchev–Trinajstić information content (AvgIpc) is 2.88. The summed E-state index contributed by atoms with van der Waals surface area (Å²) in [6, 6.07) is 14.0. The van der Waals surface area contributed by atoms with Gasteiger partial charge in [-0.05, 0) is 48.0 Å². The zero-order valence-electron chi connectivity index (χ0n) is 20.0. The second-order valence-electron chi connectivity index (χ2n) is 8.78. The van der Waals surface area contributed by atoms with Crippen LogP contribution in [0.5, 0.6) is 0 Å². The van der Waals surface area contributed by atoms with Crippen LogP contribution in [0.2, 0.25) is 5.02 Å². The van der Waals surface area contributed by atoms with E-state index in [1.807, 2.05) is 4.90 Å². The lowest BCUT2D eigenvalue weighted by atomic mass is 10.1. The lowest BCUT2D eigenvalue weighted by molar-refractivity contribution is -0.137. The molecule has 1 aliphatic rings. The van der Waals surface area contributed by atoms with Crippen molar-refractivity contribution in [2.45, 2.75) is 23.8 Å². The van der Waals surface area contributed by atoms with Gasteiger partial charge in [0.25, 0.3) is 0 Å². The number of ether oxygens (including phenoxy) is 1. The van der Waals surface area contributed by atoms with Crippen LogP contribution in [0, 0.1) is 11.6 Å². The molecular formula is C26H24ClF5N2O3S. The highest BCUT2D eigenvalue weighted by Gasteiger charge is 2.34. The fraction of sp³-hybridized carbons (Fsp3) is 0.308. The molecule has 4 rings (SSSR count). The smallest absolute Gasteiger partial charge is 0.367 e. The second-order valence-corrected chi connectivity index (χ2v) is 11.2. The van der Waals surface area contributed by atoms with Gasteiger partial charge in [-0.15, -0.1) is 0 Å². The summed E-state index contributed by atoms with van der Waals surface area (Å²) < 4.78 is 101. The molecule has 0 N–H and O–H groups in total. The molecule has 12 heteroatoms. The lowest BCUT2D eigenvalue weighted by Gasteiger charge is -2.36. The van der Waals surface area contributed by atoms with Crippen LogP contribution in [0.4, 0.5) is 22.0 Å². The van der Waals surface area contributed by atoms with Gasteiger partial charge in [-0.3, -0.25) is 4.90 Å². The van der Waals surface area contributed by atoms with Crippen molar-refractivity contribution >= 4 is 21.6 Å². The molecule has 1 atom stereocenters. The summed E-state index contributed by atoms with van der Waals surface area (Å²) >= 11 is 5.99. The van der Waals surface area contributed by atoms with Gasteiger partial charge in [0.05, 0.1) is 23.2 Å². The van der Waals surface area contributed by atoms with Crippen LogP contribution in [-0.4, -0.2) is 50.3 Å². The zero-order chi connectivity index (χ0) is 27.5. The first-order valence-corrected chi connectivity index (χ1v) is 13.5. The normalized spacial score (nSPS) is 16.5. The molecule has 1 fully saturated rings. The molecule has 1 saturated heterocycles. The Morgan fingerprint density at radius 2 is 1.50 bits per heavy atom. The minimum atomic E-state index is -4.66. The number of hydrogen-bond donors (Lipinski definition) is 0. The maximum absolute atomic E-state index is 14.1. The predicted molar refractivity (Wildman–Crippen MR) is 132 cm³/mol. The van der Waals surface area contributed by atoms with Gasteiger partial charge >= 0.3 is 6.18 Å². The topological polar surface area (TPSA) is 49.9 Å². The van der Waals surface area contributed by atoms with E-state index in [2.05, 4.69) is 0 Å². The Hall–Kier alpha value is -2.57. The highest BCUT2D eigenvalue weighted by Crippen LogP contribution is 2.31. The molecule has 38 heavy (non-hydrogen) atoms. The van der Waals surface area contributed by atoms with Gasteiger partial charge in [-0.2, -0.15) is 17.5 Å². The summed E-state index contributed by atoms with van der Waals surface area (Å²) in [4.78, 5) is 1.50. The summed E-state index contributed by atoms with van der Waals surface area (Å²) in [6.45, 7) is 0.617. The standard InChI is InChI=1S/C26H24ClF5N2O3S/c27-20-9-7-18(8-10-20)25(37-17-22-23(28)5-2-6-24(22)29)16-33-11-13-34(14-12-33)38(35,36)21-4-1-3-19(15-21)26(30,31)32/h1-10,15,25H,11-14,16-17H2/t25-/m1/s1. The van der Waals surface area contributed by atoms with Crippen LogP contribution in [0.15, 0.2) is 71.6 Å². The van der Waals surface area contributed by atoms with E-state index in [-0.39, 0.29) is 44.9 Å². The average molecular weight is 575 g/mol. The Morgan fingerprint density at radius 3 is 2.11 bits per heavy atom. The molecule has 0 unspecified atom stereocenters. The number of nitrogens with zero attached hydrogens (tertiary/aromatic N) is 2.